The lowest BCUT2D eigenvalue weighted by molar-refractivity contribution is -0.141. The van der Waals surface area contributed by atoms with E-state index < -0.39 is 0 Å². The molecule has 5 atom stereocenters. The zero-order chi connectivity index (χ0) is 13.2. The summed E-state index contributed by atoms with van der Waals surface area (Å²) in [6.07, 6.45) is 6.17. The molecule has 3 rings (SSSR count). The van der Waals surface area contributed by atoms with E-state index in [0.717, 1.165) is 45.3 Å². The average Bonchev–Trinajstić information content (AvgIpc) is 2.45. The first-order chi connectivity index (χ1) is 9.25. The third-order valence-electron chi connectivity index (χ3n) is 4.69. The van der Waals surface area contributed by atoms with Crippen LogP contribution in [0.15, 0.2) is 0 Å². The van der Waals surface area contributed by atoms with E-state index in [1.165, 1.54) is 0 Å². The summed E-state index contributed by atoms with van der Waals surface area (Å²) < 4.78 is 11.3. The molecule has 0 aromatic carbocycles. The predicted octanol–water partition coefficient (Wildman–Crippen LogP) is 0.566. The summed E-state index contributed by atoms with van der Waals surface area (Å²) in [6, 6.07) is 0.0583. The molecule has 108 valence electrons. The zero-order valence-corrected chi connectivity index (χ0v) is 11.3. The lowest BCUT2D eigenvalue weighted by Gasteiger charge is -2.52. The third-order valence-corrected chi connectivity index (χ3v) is 4.69. The Morgan fingerprint density at radius 2 is 2.00 bits per heavy atom. The Balaban J connectivity index is 1.46. The fraction of sp³-hybridized carbons (Fsp3) is 0.929. The molecule has 1 amide bonds. The first-order valence-electron chi connectivity index (χ1n) is 7.54. The minimum Gasteiger partial charge on any atom is -0.378 e. The van der Waals surface area contributed by atoms with Crippen LogP contribution in [0.4, 0.5) is 0 Å². The molecule has 0 aromatic heterocycles. The first-order valence-corrected chi connectivity index (χ1v) is 7.54. The van der Waals surface area contributed by atoms with Gasteiger partial charge in [0.25, 0.3) is 0 Å². The fourth-order valence-electron chi connectivity index (χ4n) is 3.55. The molecule has 2 aliphatic heterocycles. The number of nitrogens with two attached hydrogens (primary N) is 1. The van der Waals surface area contributed by atoms with Gasteiger partial charge < -0.3 is 20.5 Å². The van der Waals surface area contributed by atoms with Crippen molar-refractivity contribution in [2.75, 3.05) is 13.2 Å². The van der Waals surface area contributed by atoms with E-state index in [9.17, 15) is 4.79 Å². The van der Waals surface area contributed by atoms with Crippen LogP contribution in [0.25, 0.3) is 0 Å². The topological polar surface area (TPSA) is 73.6 Å². The SMILES string of the molecule is NC1C2CCCOC2C1NC(=O)CC1CCCCO1. The molecule has 3 fully saturated rings. The van der Waals surface area contributed by atoms with Crippen molar-refractivity contribution in [2.24, 2.45) is 11.7 Å². The van der Waals surface area contributed by atoms with Crippen molar-refractivity contribution in [3.63, 3.8) is 0 Å². The van der Waals surface area contributed by atoms with E-state index in [4.69, 9.17) is 15.2 Å². The molecule has 2 saturated heterocycles. The van der Waals surface area contributed by atoms with Gasteiger partial charge in [-0.2, -0.15) is 0 Å². The molecule has 1 aliphatic carbocycles. The molecule has 5 nitrogen and oxygen atoms in total. The number of rotatable bonds is 3. The highest BCUT2D eigenvalue weighted by atomic mass is 16.5. The lowest BCUT2D eigenvalue weighted by Crippen LogP contribution is -2.72. The Labute approximate surface area is 114 Å². The van der Waals surface area contributed by atoms with Crippen molar-refractivity contribution in [3.8, 4) is 0 Å². The van der Waals surface area contributed by atoms with Gasteiger partial charge in [0.05, 0.1) is 24.7 Å². The molecule has 5 heteroatoms. The maximum absolute atomic E-state index is 12.0. The summed E-state index contributed by atoms with van der Waals surface area (Å²) in [5.74, 6) is 0.491. The van der Waals surface area contributed by atoms with Crippen LogP contribution in [0.3, 0.4) is 0 Å². The second-order valence-corrected chi connectivity index (χ2v) is 6.00. The number of ether oxygens (including phenoxy) is 2. The molecule has 1 saturated carbocycles. The largest absolute Gasteiger partial charge is 0.378 e. The van der Waals surface area contributed by atoms with Crippen molar-refractivity contribution in [1.29, 1.82) is 0 Å². The molecule has 0 aromatic rings. The molecule has 0 bridgehead atoms. The number of fused-ring (bicyclic) bond motifs is 1. The number of carbonyl (C=O) groups excluding carboxylic acids is 1. The highest BCUT2D eigenvalue weighted by Crippen LogP contribution is 2.37. The number of hydrogen-bond donors (Lipinski definition) is 2. The summed E-state index contributed by atoms with van der Waals surface area (Å²) in [4.78, 5) is 12.0. The monoisotopic (exact) mass is 268 g/mol. The molecule has 0 radical (unpaired) electrons. The van der Waals surface area contributed by atoms with Crippen LogP contribution in [0.2, 0.25) is 0 Å². The number of carbonyl (C=O) groups is 1. The van der Waals surface area contributed by atoms with Gasteiger partial charge in [0.15, 0.2) is 0 Å². The Morgan fingerprint density at radius 1 is 1.16 bits per heavy atom. The van der Waals surface area contributed by atoms with Crippen molar-refractivity contribution in [1.82, 2.24) is 5.32 Å². The Bertz CT molecular complexity index is 331. The molecular weight excluding hydrogens is 244 g/mol. The van der Waals surface area contributed by atoms with Gasteiger partial charge in [0, 0.05) is 25.2 Å². The van der Waals surface area contributed by atoms with E-state index in [2.05, 4.69) is 5.32 Å². The summed E-state index contributed by atoms with van der Waals surface area (Å²) in [7, 11) is 0. The maximum atomic E-state index is 12.0. The van der Waals surface area contributed by atoms with Crippen LogP contribution < -0.4 is 11.1 Å². The predicted molar refractivity (Wildman–Crippen MR) is 70.6 cm³/mol. The normalized spacial score (nSPS) is 42.1. The van der Waals surface area contributed by atoms with E-state index >= 15 is 0 Å². The van der Waals surface area contributed by atoms with E-state index in [1.54, 1.807) is 0 Å². The van der Waals surface area contributed by atoms with E-state index in [0.29, 0.717) is 12.3 Å². The van der Waals surface area contributed by atoms with E-state index in [1.807, 2.05) is 0 Å². The minimum absolute atomic E-state index is 0.00129. The van der Waals surface area contributed by atoms with Crippen molar-refractivity contribution in [3.05, 3.63) is 0 Å². The van der Waals surface area contributed by atoms with Crippen LogP contribution in [-0.2, 0) is 14.3 Å². The van der Waals surface area contributed by atoms with Gasteiger partial charge in [-0.25, -0.2) is 0 Å². The molecule has 3 aliphatic rings. The van der Waals surface area contributed by atoms with Crippen LogP contribution in [-0.4, -0.2) is 43.4 Å². The number of nitrogens with one attached hydrogen (secondary N) is 1. The van der Waals surface area contributed by atoms with Crippen molar-refractivity contribution in [2.45, 2.75) is 62.8 Å². The van der Waals surface area contributed by atoms with Gasteiger partial charge in [0.1, 0.15) is 0 Å². The molecule has 3 N–H and O–H groups in total. The van der Waals surface area contributed by atoms with Crippen LogP contribution >= 0.6 is 0 Å². The number of amides is 1. The van der Waals surface area contributed by atoms with Crippen molar-refractivity contribution >= 4 is 5.91 Å². The second-order valence-electron chi connectivity index (χ2n) is 6.00. The quantitative estimate of drug-likeness (QED) is 0.784. The zero-order valence-electron chi connectivity index (χ0n) is 11.3. The third kappa shape index (κ3) is 2.78. The number of hydrogen-bond acceptors (Lipinski definition) is 4. The van der Waals surface area contributed by atoms with E-state index in [-0.39, 0.29) is 30.2 Å². The van der Waals surface area contributed by atoms with Gasteiger partial charge in [-0.15, -0.1) is 0 Å². The average molecular weight is 268 g/mol. The Hall–Kier alpha value is -0.650. The van der Waals surface area contributed by atoms with Crippen LogP contribution in [0.1, 0.15) is 38.5 Å². The second kappa shape index (κ2) is 5.77. The lowest BCUT2D eigenvalue weighted by atomic mass is 9.68. The minimum atomic E-state index is 0.00129. The van der Waals surface area contributed by atoms with Crippen LogP contribution in [0.5, 0.6) is 0 Å². The van der Waals surface area contributed by atoms with Crippen molar-refractivity contribution < 1.29 is 14.3 Å². The highest BCUT2D eigenvalue weighted by molar-refractivity contribution is 5.77. The van der Waals surface area contributed by atoms with Gasteiger partial charge in [-0.05, 0) is 32.1 Å². The van der Waals surface area contributed by atoms with Gasteiger partial charge in [0.2, 0.25) is 5.91 Å². The summed E-state index contributed by atoms with van der Waals surface area (Å²) in [5, 5.41) is 3.04. The summed E-state index contributed by atoms with van der Waals surface area (Å²) in [5.41, 5.74) is 6.13. The highest BCUT2D eigenvalue weighted by Gasteiger charge is 2.51. The van der Waals surface area contributed by atoms with Gasteiger partial charge in [-0.3, -0.25) is 4.79 Å². The van der Waals surface area contributed by atoms with Gasteiger partial charge >= 0.3 is 0 Å². The van der Waals surface area contributed by atoms with Crippen LogP contribution in [0, 0.1) is 5.92 Å². The first kappa shape index (κ1) is 13.3. The summed E-state index contributed by atoms with van der Waals surface area (Å²) >= 11 is 0. The molecule has 5 unspecified atom stereocenters. The Kier molecular flexibility index (Phi) is 4.05. The molecule has 19 heavy (non-hydrogen) atoms. The molecular formula is C14H24N2O3. The smallest absolute Gasteiger partial charge is 0.222 e. The van der Waals surface area contributed by atoms with Gasteiger partial charge in [-0.1, -0.05) is 0 Å². The summed E-state index contributed by atoms with van der Waals surface area (Å²) in [6.45, 7) is 1.58. The standard InChI is InChI=1S/C14H24N2O3/c15-12-10-5-3-7-19-14(10)13(12)16-11(17)8-9-4-1-2-6-18-9/h9-10,12-14H,1-8,15H2,(H,16,17). The molecule has 2 heterocycles. The Morgan fingerprint density at radius 3 is 2.79 bits per heavy atom. The maximum Gasteiger partial charge on any atom is 0.222 e. The fourth-order valence-corrected chi connectivity index (χ4v) is 3.55. The molecule has 0 spiro atoms.